The van der Waals surface area contributed by atoms with Crippen LogP contribution in [0.2, 0.25) is 0 Å². The minimum atomic E-state index is -4.41. The van der Waals surface area contributed by atoms with Crippen LogP contribution in [0.5, 0.6) is 0 Å². The van der Waals surface area contributed by atoms with Gasteiger partial charge in [-0.05, 0) is 18.6 Å². The van der Waals surface area contributed by atoms with Gasteiger partial charge in [-0.15, -0.1) is 0 Å². The van der Waals surface area contributed by atoms with Crippen LogP contribution in [0.1, 0.15) is 12.5 Å². The Morgan fingerprint density at radius 3 is 2.39 bits per heavy atom. The number of hydrogen-bond donors (Lipinski definition) is 1. The van der Waals surface area contributed by atoms with Gasteiger partial charge in [0.25, 0.3) is 0 Å². The fraction of sp³-hybridized carbons (Fsp3) is 0.308. The molecule has 1 aromatic carbocycles. The summed E-state index contributed by atoms with van der Waals surface area (Å²) in [5.41, 5.74) is 0.546. The van der Waals surface area contributed by atoms with E-state index in [0.717, 1.165) is 18.7 Å². The molecular formula is C13H15F3N2. The largest absolute Gasteiger partial charge is 0.432 e. The molecule has 0 spiro atoms. The molecule has 0 aliphatic heterocycles. The molecule has 0 saturated carbocycles. The lowest BCUT2D eigenvalue weighted by molar-refractivity contribution is -0.0578. The maximum absolute atomic E-state index is 12.4. The Bertz CT molecular complexity index is 433. The van der Waals surface area contributed by atoms with Crippen molar-refractivity contribution in [2.75, 3.05) is 7.05 Å². The fourth-order valence-electron chi connectivity index (χ4n) is 1.37. The second-order valence-electron chi connectivity index (χ2n) is 3.77. The van der Waals surface area contributed by atoms with Gasteiger partial charge in [0.1, 0.15) is 5.71 Å². The van der Waals surface area contributed by atoms with Gasteiger partial charge < -0.3 is 5.32 Å². The van der Waals surface area contributed by atoms with Crippen molar-refractivity contribution in [1.29, 1.82) is 0 Å². The van der Waals surface area contributed by atoms with Gasteiger partial charge >= 0.3 is 6.18 Å². The van der Waals surface area contributed by atoms with Crippen LogP contribution >= 0.6 is 0 Å². The first-order valence-corrected chi connectivity index (χ1v) is 5.43. The third-order valence-corrected chi connectivity index (χ3v) is 2.30. The lowest BCUT2D eigenvalue weighted by atomic mass is 10.2. The Morgan fingerprint density at radius 1 is 1.28 bits per heavy atom. The Labute approximate surface area is 104 Å². The molecule has 0 bridgehead atoms. The van der Waals surface area contributed by atoms with Gasteiger partial charge in [-0.25, -0.2) is 0 Å². The highest BCUT2D eigenvalue weighted by molar-refractivity contribution is 5.99. The molecule has 0 fully saturated rings. The first kappa shape index (κ1) is 14.3. The second-order valence-corrected chi connectivity index (χ2v) is 3.77. The molecule has 5 heteroatoms. The summed E-state index contributed by atoms with van der Waals surface area (Å²) in [6, 6.07) is 9.45. The quantitative estimate of drug-likeness (QED) is 0.821. The predicted molar refractivity (Wildman–Crippen MR) is 66.5 cm³/mol. The van der Waals surface area contributed by atoms with E-state index in [1.807, 2.05) is 30.3 Å². The molecule has 1 aromatic rings. The SMILES string of the molecule is CN=C(/C=C(/C)NCc1ccccc1)C(F)(F)F. The van der Waals surface area contributed by atoms with E-state index in [-0.39, 0.29) is 0 Å². The summed E-state index contributed by atoms with van der Waals surface area (Å²) in [5, 5.41) is 2.92. The number of alkyl halides is 3. The summed E-state index contributed by atoms with van der Waals surface area (Å²) in [6.07, 6.45) is -3.41. The van der Waals surface area contributed by atoms with Crippen LogP contribution in [0.3, 0.4) is 0 Å². The van der Waals surface area contributed by atoms with Gasteiger partial charge in [-0.3, -0.25) is 4.99 Å². The van der Waals surface area contributed by atoms with Crippen molar-refractivity contribution in [3.63, 3.8) is 0 Å². The molecule has 1 rings (SSSR count). The highest BCUT2D eigenvalue weighted by Crippen LogP contribution is 2.18. The van der Waals surface area contributed by atoms with E-state index in [2.05, 4.69) is 10.3 Å². The molecule has 0 heterocycles. The smallest absolute Gasteiger partial charge is 0.384 e. The van der Waals surface area contributed by atoms with Crippen molar-refractivity contribution in [3.05, 3.63) is 47.7 Å². The van der Waals surface area contributed by atoms with E-state index >= 15 is 0 Å². The average Bonchev–Trinajstić information content (AvgIpc) is 2.33. The molecule has 0 atom stereocenters. The lowest BCUT2D eigenvalue weighted by Gasteiger charge is -2.09. The molecule has 18 heavy (non-hydrogen) atoms. The van der Waals surface area contributed by atoms with Gasteiger partial charge in [0.05, 0.1) is 0 Å². The molecule has 0 aliphatic rings. The topological polar surface area (TPSA) is 24.4 Å². The monoisotopic (exact) mass is 256 g/mol. The molecule has 2 nitrogen and oxygen atoms in total. The van der Waals surface area contributed by atoms with E-state index in [1.54, 1.807) is 6.92 Å². The summed E-state index contributed by atoms with van der Waals surface area (Å²) in [4.78, 5) is 3.23. The standard InChI is InChI=1S/C13H15F3N2/c1-10(8-12(17-2)13(14,15)16)18-9-11-6-4-3-5-7-11/h3-8,18H,9H2,1-2H3/b10-8-,17-12?. The zero-order valence-electron chi connectivity index (χ0n) is 10.3. The van der Waals surface area contributed by atoms with Crippen LogP contribution in [0.4, 0.5) is 13.2 Å². The van der Waals surface area contributed by atoms with Gasteiger partial charge in [0.2, 0.25) is 0 Å². The van der Waals surface area contributed by atoms with Crippen molar-refractivity contribution in [2.45, 2.75) is 19.6 Å². The predicted octanol–water partition coefficient (Wildman–Crippen LogP) is 3.31. The molecule has 0 aliphatic carbocycles. The molecule has 0 saturated heterocycles. The molecule has 1 N–H and O–H groups in total. The second kappa shape index (κ2) is 6.23. The number of allylic oxidation sites excluding steroid dienone is 2. The van der Waals surface area contributed by atoms with Crippen LogP contribution in [0.15, 0.2) is 47.1 Å². The fourth-order valence-corrected chi connectivity index (χ4v) is 1.37. The molecule has 0 unspecified atom stereocenters. The number of rotatable bonds is 4. The average molecular weight is 256 g/mol. The number of nitrogens with one attached hydrogen (secondary N) is 1. The molecular weight excluding hydrogens is 241 g/mol. The van der Waals surface area contributed by atoms with Crippen LogP contribution in [-0.2, 0) is 6.54 Å². The maximum atomic E-state index is 12.4. The highest BCUT2D eigenvalue weighted by Gasteiger charge is 2.33. The number of aliphatic imine (C=N–C) groups is 1. The van der Waals surface area contributed by atoms with Crippen molar-refractivity contribution >= 4 is 5.71 Å². The van der Waals surface area contributed by atoms with E-state index in [9.17, 15) is 13.2 Å². The highest BCUT2D eigenvalue weighted by atomic mass is 19.4. The van der Waals surface area contributed by atoms with Crippen molar-refractivity contribution in [2.24, 2.45) is 4.99 Å². The molecule has 98 valence electrons. The first-order chi connectivity index (χ1) is 8.43. The minimum absolute atomic E-state index is 0.428. The van der Waals surface area contributed by atoms with Gasteiger partial charge in [0, 0.05) is 19.3 Å². The maximum Gasteiger partial charge on any atom is 0.432 e. The summed E-state index contributed by atoms with van der Waals surface area (Å²) in [6.45, 7) is 2.07. The summed E-state index contributed by atoms with van der Waals surface area (Å²) >= 11 is 0. The summed E-state index contributed by atoms with van der Waals surface area (Å²) in [5.74, 6) is 0. The van der Waals surface area contributed by atoms with Gasteiger partial charge in [-0.2, -0.15) is 13.2 Å². The van der Waals surface area contributed by atoms with Crippen LogP contribution in [0.25, 0.3) is 0 Å². The Kier molecular flexibility index (Phi) is 4.95. The molecule has 0 amide bonds. The number of nitrogens with zero attached hydrogens (tertiary/aromatic N) is 1. The Hall–Kier alpha value is -1.78. The Balaban J connectivity index is 2.63. The summed E-state index contributed by atoms with van der Waals surface area (Å²) in [7, 11) is 1.13. The minimum Gasteiger partial charge on any atom is -0.384 e. The Morgan fingerprint density at radius 2 is 1.89 bits per heavy atom. The van der Waals surface area contributed by atoms with Crippen LogP contribution in [-0.4, -0.2) is 18.9 Å². The van der Waals surface area contributed by atoms with E-state index in [0.29, 0.717) is 12.2 Å². The lowest BCUT2D eigenvalue weighted by Crippen LogP contribution is -2.23. The van der Waals surface area contributed by atoms with Crippen molar-refractivity contribution in [3.8, 4) is 0 Å². The normalized spacial score (nSPS) is 13.6. The van der Waals surface area contributed by atoms with E-state index in [4.69, 9.17) is 0 Å². The third kappa shape index (κ3) is 4.61. The molecule has 0 radical (unpaired) electrons. The number of hydrogen-bond acceptors (Lipinski definition) is 2. The van der Waals surface area contributed by atoms with E-state index in [1.165, 1.54) is 0 Å². The van der Waals surface area contributed by atoms with Gasteiger partial charge in [0.15, 0.2) is 0 Å². The number of halogens is 3. The van der Waals surface area contributed by atoms with Crippen LogP contribution in [0, 0.1) is 0 Å². The van der Waals surface area contributed by atoms with E-state index < -0.39 is 11.9 Å². The van der Waals surface area contributed by atoms with Crippen molar-refractivity contribution in [1.82, 2.24) is 5.32 Å². The third-order valence-electron chi connectivity index (χ3n) is 2.30. The first-order valence-electron chi connectivity index (χ1n) is 5.43. The zero-order valence-corrected chi connectivity index (χ0v) is 10.3. The van der Waals surface area contributed by atoms with Crippen LogP contribution < -0.4 is 5.32 Å². The number of benzene rings is 1. The summed E-state index contributed by atoms with van der Waals surface area (Å²) < 4.78 is 37.3. The van der Waals surface area contributed by atoms with Crippen molar-refractivity contribution < 1.29 is 13.2 Å². The van der Waals surface area contributed by atoms with Gasteiger partial charge in [-0.1, -0.05) is 30.3 Å². The molecule has 0 aromatic heterocycles. The zero-order chi connectivity index (χ0) is 13.6.